The van der Waals surface area contributed by atoms with E-state index in [4.69, 9.17) is 23.2 Å². The van der Waals surface area contributed by atoms with Gasteiger partial charge in [0.15, 0.2) is 5.78 Å². The first-order chi connectivity index (χ1) is 9.93. The highest BCUT2D eigenvalue weighted by Crippen LogP contribution is 2.31. The highest BCUT2D eigenvalue weighted by Gasteiger charge is 2.24. The van der Waals surface area contributed by atoms with E-state index in [1.165, 1.54) is 0 Å². The fourth-order valence-electron chi connectivity index (χ4n) is 1.82. The molecule has 2 aromatic carbocycles. The van der Waals surface area contributed by atoms with Crippen LogP contribution in [0.2, 0.25) is 10.0 Å². The zero-order chi connectivity index (χ0) is 15.6. The summed E-state index contributed by atoms with van der Waals surface area (Å²) in [5.41, 5.74) is 0.950. The van der Waals surface area contributed by atoms with Gasteiger partial charge < -0.3 is 0 Å². The Morgan fingerprint density at radius 2 is 1.81 bits per heavy atom. The fourth-order valence-corrected chi connectivity index (χ4v) is 2.93. The second-order valence-electron chi connectivity index (χ2n) is 4.22. The van der Waals surface area contributed by atoms with Crippen LogP contribution in [0.25, 0.3) is 0 Å². The third-order valence-corrected chi connectivity index (χ3v) is 4.79. The van der Waals surface area contributed by atoms with Gasteiger partial charge >= 0.3 is 0 Å². The Bertz CT molecular complexity index is 756. The summed E-state index contributed by atoms with van der Waals surface area (Å²) < 4.78 is 1.40. The van der Waals surface area contributed by atoms with E-state index in [0.29, 0.717) is 25.6 Å². The molecule has 0 saturated heterocycles. The van der Waals surface area contributed by atoms with E-state index in [-0.39, 0.29) is 5.78 Å². The van der Waals surface area contributed by atoms with Gasteiger partial charge in [-0.15, -0.1) is 0 Å². The third-order valence-electron chi connectivity index (χ3n) is 2.86. The monoisotopic (exact) mass is 445 g/mol. The molecule has 0 amide bonds. The molecule has 1 unspecified atom stereocenters. The summed E-state index contributed by atoms with van der Waals surface area (Å²) in [7, 11) is 0. The molecule has 0 fully saturated rings. The average Bonchev–Trinajstić information content (AvgIpc) is 2.46. The van der Waals surface area contributed by atoms with Crippen LogP contribution in [-0.4, -0.2) is 5.78 Å². The Kier molecular flexibility index (Phi) is 5.45. The van der Waals surface area contributed by atoms with Crippen LogP contribution in [0.15, 0.2) is 45.3 Å². The van der Waals surface area contributed by atoms with Crippen molar-refractivity contribution < 1.29 is 4.79 Å². The highest BCUT2D eigenvalue weighted by molar-refractivity contribution is 9.11. The van der Waals surface area contributed by atoms with Crippen LogP contribution in [0.3, 0.4) is 0 Å². The quantitative estimate of drug-likeness (QED) is 0.541. The number of carbonyl (C=O) groups is 1. The number of hydrogen-bond donors (Lipinski definition) is 0. The summed E-state index contributed by atoms with van der Waals surface area (Å²) in [6, 6.07) is 12.0. The van der Waals surface area contributed by atoms with Gasteiger partial charge in [-0.1, -0.05) is 61.1 Å². The van der Waals surface area contributed by atoms with Crippen molar-refractivity contribution in [1.82, 2.24) is 0 Å². The molecule has 6 heteroatoms. The second-order valence-corrected chi connectivity index (χ2v) is 6.81. The molecule has 0 aliphatic heterocycles. The van der Waals surface area contributed by atoms with Crippen molar-refractivity contribution in [3.63, 3.8) is 0 Å². The average molecular weight is 448 g/mol. The first kappa shape index (κ1) is 16.5. The minimum Gasteiger partial charge on any atom is -0.292 e. The van der Waals surface area contributed by atoms with Gasteiger partial charge in [-0.2, -0.15) is 5.26 Å². The lowest BCUT2D eigenvalue weighted by molar-refractivity contribution is 0.0978. The van der Waals surface area contributed by atoms with Gasteiger partial charge in [-0.05, 0) is 35.9 Å². The second kappa shape index (κ2) is 6.93. The van der Waals surface area contributed by atoms with Crippen LogP contribution in [-0.2, 0) is 0 Å². The number of halogens is 4. The summed E-state index contributed by atoms with van der Waals surface area (Å²) >= 11 is 18.5. The molecular weight excluding hydrogens is 441 g/mol. The van der Waals surface area contributed by atoms with Crippen molar-refractivity contribution in [3.8, 4) is 6.07 Å². The van der Waals surface area contributed by atoms with Gasteiger partial charge in [0.05, 0.1) is 16.1 Å². The van der Waals surface area contributed by atoms with Gasteiger partial charge in [0.25, 0.3) is 0 Å². The molecule has 2 rings (SSSR count). The Balaban J connectivity index is 2.46. The van der Waals surface area contributed by atoms with Crippen molar-refractivity contribution in [2.75, 3.05) is 0 Å². The maximum Gasteiger partial charge on any atom is 0.185 e. The molecule has 2 nitrogen and oxygen atoms in total. The summed E-state index contributed by atoms with van der Waals surface area (Å²) in [4.78, 5) is 12.6. The fraction of sp³-hybridized carbons (Fsp3) is 0.0667. The first-order valence-electron chi connectivity index (χ1n) is 5.78. The van der Waals surface area contributed by atoms with Crippen molar-refractivity contribution in [2.24, 2.45) is 0 Å². The summed E-state index contributed by atoms with van der Waals surface area (Å²) in [5, 5.41) is 10.1. The SMILES string of the molecule is N#CC(C(=O)c1cc(Br)ccc1Br)c1ccc(Cl)c(Cl)c1. The molecule has 0 aromatic heterocycles. The van der Waals surface area contributed by atoms with Crippen LogP contribution in [0.1, 0.15) is 21.8 Å². The minimum atomic E-state index is -0.939. The Labute approximate surface area is 148 Å². The van der Waals surface area contributed by atoms with Crippen LogP contribution < -0.4 is 0 Å². The zero-order valence-electron chi connectivity index (χ0n) is 10.4. The standard InChI is InChI=1S/C15H7Br2Cl2NO/c16-9-2-3-12(17)10(6-9)15(21)11(7-20)8-1-4-13(18)14(19)5-8/h1-6,11H. The molecule has 0 N–H and O–H groups in total. The lowest BCUT2D eigenvalue weighted by Gasteiger charge is -2.11. The molecule has 0 radical (unpaired) electrons. The summed E-state index contributed by atoms with van der Waals surface area (Å²) in [5.74, 6) is -1.24. The molecule has 1 atom stereocenters. The number of rotatable bonds is 3. The summed E-state index contributed by atoms with van der Waals surface area (Å²) in [6.45, 7) is 0. The van der Waals surface area contributed by atoms with Crippen molar-refractivity contribution in [3.05, 3.63) is 66.5 Å². The normalized spacial score (nSPS) is 11.8. The van der Waals surface area contributed by atoms with E-state index in [9.17, 15) is 10.1 Å². The number of ketones is 1. The number of hydrogen-bond acceptors (Lipinski definition) is 2. The van der Waals surface area contributed by atoms with Gasteiger partial charge in [0.1, 0.15) is 5.92 Å². The van der Waals surface area contributed by atoms with E-state index in [1.54, 1.807) is 36.4 Å². The van der Waals surface area contributed by atoms with Crippen LogP contribution >= 0.6 is 55.1 Å². The van der Waals surface area contributed by atoms with Crippen LogP contribution in [0.5, 0.6) is 0 Å². The highest BCUT2D eigenvalue weighted by atomic mass is 79.9. The Morgan fingerprint density at radius 3 is 2.43 bits per heavy atom. The molecular formula is C15H7Br2Cl2NO. The van der Waals surface area contributed by atoms with E-state index in [1.807, 2.05) is 6.07 Å². The minimum absolute atomic E-state index is 0.302. The Hall–Kier alpha value is -0.860. The maximum atomic E-state index is 12.6. The molecule has 0 bridgehead atoms. The van der Waals surface area contributed by atoms with Crippen LogP contribution in [0.4, 0.5) is 0 Å². The van der Waals surface area contributed by atoms with Gasteiger partial charge in [-0.3, -0.25) is 4.79 Å². The number of carbonyl (C=O) groups excluding carboxylic acids is 1. The zero-order valence-corrected chi connectivity index (χ0v) is 15.1. The van der Waals surface area contributed by atoms with Gasteiger partial charge in [-0.25, -0.2) is 0 Å². The van der Waals surface area contributed by atoms with E-state index in [0.717, 1.165) is 4.47 Å². The van der Waals surface area contributed by atoms with Gasteiger partial charge in [0.2, 0.25) is 0 Å². The molecule has 0 heterocycles. The first-order valence-corrected chi connectivity index (χ1v) is 8.12. The number of nitrogens with zero attached hydrogens (tertiary/aromatic N) is 1. The number of benzene rings is 2. The van der Waals surface area contributed by atoms with Crippen molar-refractivity contribution in [2.45, 2.75) is 5.92 Å². The Morgan fingerprint density at radius 1 is 1.10 bits per heavy atom. The molecule has 106 valence electrons. The summed E-state index contributed by atoms with van der Waals surface area (Å²) in [6.07, 6.45) is 0. The molecule has 0 aliphatic carbocycles. The van der Waals surface area contributed by atoms with E-state index < -0.39 is 5.92 Å². The van der Waals surface area contributed by atoms with E-state index in [2.05, 4.69) is 31.9 Å². The topological polar surface area (TPSA) is 40.9 Å². The van der Waals surface area contributed by atoms with E-state index >= 15 is 0 Å². The predicted molar refractivity (Wildman–Crippen MR) is 91.0 cm³/mol. The predicted octanol–water partition coefficient (Wildman–Crippen LogP) is 6.01. The third kappa shape index (κ3) is 3.67. The van der Waals surface area contributed by atoms with Crippen LogP contribution in [0, 0.1) is 11.3 Å². The van der Waals surface area contributed by atoms with Crippen molar-refractivity contribution in [1.29, 1.82) is 5.26 Å². The molecule has 21 heavy (non-hydrogen) atoms. The maximum absolute atomic E-state index is 12.6. The largest absolute Gasteiger partial charge is 0.292 e. The number of Topliss-reactive ketones (excluding diaryl/α,β-unsaturated/α-hetero) is 1. The van der Waals surface area contributed by atoms with Crippen molar-refractivity contribution >= 4 is 60.8 Å². The molecule has 0 aliphatic rings. The number of nitriles is 1. The lowest BCUT2D eigenvalue weighted by atomic mass is 9.92. The lowest BCUT2D eigenvalue weighted by Crippen LogP contribution is -2.12. The smallest absolute Gasteiger partial charge is 0.185 e. The van der Waals surface area contributed by atoms with Gasteiger partial charge in [0, 0.05) is 14.5 Å². The molecule has 2 aromatic rings. The molecule has 0 spiro atoms. The molecule has 0 saturated carbocycles.